The summed E-state index contributed by atoms with van der Waals surface area (Å²) in [5.74, 6) is 5.72. The molecule has 11 heteroatoms. The minimum Gasteiger partial charge on any atom is -0.471 e. The molecule has 1 aliphatic heterocycles. The van der Waals surface area contributed by atoms with Crippen molar-refractivity contribution in [3.63, 3.8) is 0 Å². The number of halogens is 3. The van der Waals surface area contributed by atoms with Crippen LogP contribution in [0, 0.1) is 0 Å². The molecular weight excluding hydrogens is 413 g/mol. The molecule has 0 bridgehead atoms. The van der Waals surface area contributed by atoms with Crippen LogP contribution in [0.2, 0.25) is 0 Å². The Hall–Kier alpha value is -3.50. The normalized spacial score (nSPS) is 14.9. The maximum absolute atomic E-state index is 12.7. The predicted octanol–water partition coefficient (Wildman–Crippen LogP) is 2.89. The van der Waals surface area contributed by atoms with E-state index in [1.807, 2.05) is 0 Å². The molecule has 0 aromatic carbocycles. The highest BCUT2D eigenvalue weighted by Gasteiger charge is 2.32. The third-order valence-electron chi connectivity index (χ3n) is 4.79. The summed E-state index contributed by atoms with van der Waals surface area (Å²) in [6.07, 6.45) is -1.15. The smallest absolute Gasteiger partial charge is 0.433 e. The largest absolute Gasteiger partial charge is 0.471 e. The first-order chi connectivity index (χ1) is 14.7. The van der Waals surface area contributed by atoms with Crippen LogP contribution in [0.15, 0.2) is 40.7 Å². The maximum Gasteiger partial charge on any atom is 0.433 e. The average Bonchev–Trinajstić information content (AvgIpc) is 2.75. The second kappa shape index (κ2) is 9.11. The van der Waals surface area contributed by atoms with E-state index >= 15 is 0 Å². The van der Waals surface area contributed by atoms with Gasteiger partial charge in [0, 0.05) is 32.3 Å². The van der Waals surface area contributed by atoms with Crippen LogP contribution in [0.5, 0.6) is 5.88 Å². The van der Waals surface area contributed by atoms with Crippen LogP contribution in [0.3, 0.4) is 0 Å². The van der Waals surface area contributed by atoms with Crippen molar-refractivity contribution >= 4 is 23.0 Å². The molecule has 0 radical (unpaired) electrons. The van der Waals surface area contributed by atoms with Gasteiger partial charge in [-0.1, -0.05) is 0 Å². The number of carbonyl (C=O) groups is 1. The number of hydrogen-bond acceptors (Lipinski definition) is 7. The van der Waals surface area contributed by atoms with Gasteiger partial charge in [-0.15, -0.1) is 0 Å². The van der Waals surface area contributed by atoms with Crippen molar-refractivity contribution in [3.05, 3.63) is 47.4 Å². The van der Waals surface area contributed by atoms with E-state index in [0.29, 0.717) is 36.8 Å². The number of hydrazone groups is 1. The van der Waals surface area contributed by atoms with Gasteiger partial charge in [-0.25, -0.2) is 15.0 Å². The Morgan fingerprint density at radius 2 is 2.00 bits per heavy atom. The van der Waals surface area contributed by atoms with Crippen LogP contribution in [0.1, 0.15) is 30.7 Å². The summed E-state index contributed by atoms with van der Waals surface area (Å²) < 4.78 is 43.7. The highest BCUT2D eigenvalue weighted by atomic mass is 19.4. The van der Waals surface area contributed by atoms with Gasteiger partial charge in [0.15, 0.2) is 0 Å². The van der Waals surface area contributed by atoms with E-state index in [1.54, 1.807) is 24.1 Å². The van der Waals surface area contributed by atoms with Crippen LogP contribution in [-0.4, -0.2) is 45.4 Å². The van der Waals surface area contributed by atoms with E-state index in [2.05, 4.69) is 20.1 Å². The fourth-order valence-electron chi connectivity index (χ4n) is 2.98. The molecule has 8 nitrogen and oxygen atoms in total. The number of aromatic nitrogens is 2. The number of pyridine rings is 2. The van der Waals surface area contributed by atoms with Gasteiger partial charge in [0.1, 0.15) is 18.0 Å². The number of nitrogens with zero attached hydrogens (tertiary/aromatic N) is 5. The lowest BCUT2D eigenvalue weighted by Crippen LogP contribution is -2.34. The summed E-state index contributed by atoms with van der Waals surface area (Å²) in [5, 5.41) is 3.60. The summed E-state index contributed by atoms with van der Waals surface area (Å²) >= 11 is 0. The van der Waals surface area contributed by atoms with Crippen molar-refractivity contribution in [2.24, 2.45) is 15.9 Å². The average molecular weight is 434 g/mol. The second-order valence-corrected chi connectivity index (χ2v) is 6.94. The standard InChI is InChI=1S/C20H21F3N6O2/c1-12(28-24)17(27-16-3-4-18(25-9-16)20(21,22)23)11-31-19-7-14-5-6-29(13(2)30)10-15(14)8-26-19/h3-4,7-9H,5-6,10-11,24H2,1-2H3. The monoisotopic (exact) mass is 434 g/mol. The van der Waals surface area contributed by atoms with Gasteiger partial charge in [-0.05, 0) is 36.6 Å². The van der Waals surface area contributed by atoms with E-state index in [-0.39, 0.29) is 18.2 Å². The van der Waals surface area contributed by atoms with Gasteiger partial charge in [-0.3, -0.25) is 4.79 Å². The van der Waals surface area contributed by atoms with Crippen molar-refractivity contribution < 1.29 is 22.7 Å². The molecule has 0 aliphatic carbocycles. The summed E-state index contributed by atoms with van der Waals surface area (Å²) in [5.41, 5.74) is 1.88. The lowest BCUT2D eigenvalue weighted by Gasteiger charge is -2.27. The molecule has 3 rings (SSSR count). The molecule has 2 aromatic heterocycles. The summed E-state index contributed by atoms with van der Waals surface area (Å²) in [6.45, 7) is 4.22. The van der Waals surface area contributed by atoms with E-state index in [4.69, 9.17) is 10.6 Å². The lowest BCUT2D eigenvalue weighted by molar-refractivity contribution is -0.141. The van der Waals surface area contributed by atoms with Gasteiger partial charge in [0.2, 0.25) is 11.8 Å². The zero-order chi connectivity index (χ0) is 22.6. The first kappa shape index (κ1) is 22.2. The molecule has 0 saturated carbocycles. The molecule has 0 atom stereocenters. The molecule has 3 heterocycles. The molecule has 1 aliphatic rings. The highest BCUT2D eigenvalue weighted by molar-refractivity contribution is 6.42. The number of nitrogens with two attached hydrogens (primary N) is 1. The number of hydrogen-bond donors (Lipinski definition) is 1. The van der Waals surface area contributed by atoms with Gasteiger partial charge >= 0.3 is 6.18 Å². The SMILES string of the molecule is CC(=O)N1CCc2cc(OCC(=Nc3ccc(C(F)(F)F)nc3)C(C)=NN)ncc2C1. The lowest BCUT2D eigenvalue weighted by atomic mass is 10.0. The molecule has 164 valence electrons. The van der Waals surface area contributed by atoms with Gasteiger partial charge in [0.25, 0.3) is 0 Å². The fraction of sp³-hybridized carbons (Fsp3) is 0.350. The van der Waals surface area contributed by atoms with Crippen molar-refractivity contribution in [1.29, 1.82) is 0 Å². The Bertz CT molecular complexity index is 1020. The van der Waals surface area contributed by atoms with E-state index in [1.165, 1.54) is 13.0 Å². The first-order valence-electron chi connectivity index (χ1n) is 9.39. The molecule has 2 N–H and O–H groups in total. The second-order valence-electron chi connectivity index (χ2n) is 6.94. The number of carbonyl (C=O) groups excluding carboxylic acids is 1. The van der Waals surface area contributed by atoms with Crippen LogP contribution in [-0.2, 0) is 23.9 Å². The number of aliphatic imine (C=N–C) groups is 1. The first-order valence-corrected chi connectivity index (χ1v) is 9.39. The molecule has 0 fully saturated rings. The molecule has 0 saturated heterocycles. The van der Waals surface area contributed by atoms with Crippen LogP contribution < -0.4 is 10.6 Å². The van der Waals surface area contributed by atoms with Gasteiger partial charge < -0.3 is 15.5 Å². The fourth-order valence-corrected chi connectivity index (χ4v) is 2.98. The van der Waals surface area contributed by atoms with Gasteiger partial charge in [0.05, 0.1) is 17.6 Å². The minimum atomic E-state index is -4.53. The molecular formula is C20H21F3N6O2. The third kappa shape index (κ3) is 5.56. The van der Waals surface area contributed by atoms with Crippen molar-refractivity contribution in [2.45, 2.75) is 33.0 Å². The van der Waals surface area contributed by atoms with Crippen LogP contribution in [0.25, 0.3) is 0 Å². The van der Waals surface area contributed by atoms with Crippen molar-refractivity contribution in [1.82, 2.24) is 14.9 Å². The number of alkyl halides is 3. The molecule has 31 heavy (non-hydrogen) atoms. The van der Waals surface area contributed by atoms with Gasteiger partial charge in [-0.2, -0.15) is 18.3 Å². The number of ether oxygens (including phenoxy) is 1. The number of amides is 1. The van der Waals surface area contributed by atoms with Crippen LogP contribution in [0.4, 0.5) is 18.9 Å². The van der Waals surface area contributed by atoms with E-state index in [9.17, 15) is 18.0 Å². The zero-order valence-corrected chi connectivity index (χ0v) is 17.0. The summed E-state index contributed by atoms with van der Waals surface area (Å²) in [6, 6.07) is 3.86. The quantitative estimate of drug-likeness (QED) is 0.443. The number of fused-ring (bicyclic) bond motifs is 1. The predicted molar refractivity (Wildman–Crippen MR) is 108 cm³/mol. The Morgan fingerprint density at radius 1 is 1.23 bits per heavy atom. The molecule has 2 aromatic rings. The molecule has 0 spiro atoms. The molecule has 1 amide bonds. The maximum atomic E-state index is 12.7. The minimum absolute atomic E-state index is 0.0149. The van der Waals surface area contributed by atoms with E-state index in [0.717, 1.165) is 23.4 Å². The Kier molecular flexibility index (Phi) is 6.52. The topological polar surface area (TPSA) is 106 Å². The summed E-state index contributed by atoms with van der Waals surface area (Å²) in [7, 11) is 0. The Balaban J connectivity index is 1.74. The Labute approximate surface area is 176 Å². The highest BCUT2D eigenvalue weighted by Crippen LogP contribution is 2.28. The zero-order valence-electron chi connectivity index (χ0n) is 17.0. The Morgan fingerprint density at radius 3 is 2.61 bits per heavy atom. The number of rotatable bonds is 5. The molecule has 0 unspecified atom stereocenters. The van der Waals surface area contributed by atoms with E-state index < -0.39 is 11.9 Å². The van der Waals surface area contributed by atoms with Crippen molar-refractivity contribution in [3.8, 4) is 5.88 Å². The summed E-state index contributed by atoms with van der Waals surface area (Å²) in [4.78, 5) is 25.2. The van der Waals surface area contributed by atoms with Crippen molar-refractivity contribution in [2.75, 3.05) is 13.2 Å². The third-order valence-corrected chi connectivity index (χ3v) is 4.79. The van der Waals surface area contributed by atoms with Crippen LogP contribution >= 0.6 is 0 Å².